The Labute approximate surface area is 135 Å². The number of methoxy groups -OCH3 is 1. The molecule has 0 aliphatic heterocycles. The third-order valence-corrected chi connectivity index (χ3v) is 4.27. The lowest BCUT2D eigenvalue weighted by atomic mass is 9.76. The van der Waals surface area contributed by atoms with Gasteiger partial charge in [0.2, 0.25) is 0 Å². The van der Waals surface area contributed by atoms with Gasteiger partial charge in [-0.1, -0.05) is 43.2 Å². The Morgan fingerprint density at radius 3 is 2.70 bits per heavy atom. The molecule has 1 fully saturated rings. The van der Waals surface area contributed by atoms with Gasteiger partial charge in [-0.25, -0.2) is 4.79 Å². The Bertz CT molecular complexity index is 533. The Hall–Kier alpha value is -2.08. The number of nitrogens with one attached hydrogen (secondary N) is 1. The summed E-state index contributed by atoms with van der Waals surface area (Å²) in [6.07, 6.45) is 2.00. The van der Waals surface area contributed by atoms with E-state index in [4.69, 9.17) is 9.47 Å². The van der Waals surface area contributed by atoms with Gasteiger partial charge < -0.3 is 19.9 Å². The van der Waals surface area contributed by atoms with Gasteiger partial charge in [-0.3, -0.25) is 4.79 Å². The monoisotopic (exact) mass is 321 g/mol. The van der Waals surface area contributed by atoms with Crippen molar-refractivity contribution < 1.29 is 24.2 Å². The van der Waals surface area contributed by atoms with E-state index >= 15 is 0 Å². The number of amides is 1. The highest BCUT2D eigenvalue weighted by atomic mass is 16.5. The number of aliphatic carboxylic acids is 1. The smallest absolute Gasteiger partial charge is 0.408 e. The molecule has 1 amide bonds. The van der Waals surface area contributed by atoms with Gasteiger partial charge in [-0.2, -0.15) is 0 Å². The van der Waals surface area contributed by atoms with Crippen LogP contribution in [0.5, 0.6) is 0 Å². The summed E-state index contributed by atoms with van der Waals surface area (Å²) in [5.74, 6) is -0.961. The summed E-state index contributed by atoms with van der Waals surface area (Å²) in [6, 6.07) is 9.34. The van der Waals surface area contributed by atoms with Crippen LogP contribution < -0.4 is 5.32 Å². The zero-order chi connectivity index (χ0) is 16.7. The Morgan fingerprint density at radius 2 is 2.04 bits per heavy atom. The molecule has 0 saturated heterocycles. The van der Waals surface area contributed by atoms with Crippen molar-refractivity contribution in [1.29, 1.82) is 0 Å². The molecule has 1 aromatic rings. The minimum absolute atomic E-state index is 0.146. The summed E-state index contributed by atoms with van der Waals surface area (Å²) >= 11 is 0. The van der Waals surface area contributed by atoms with Crippen LogP contribution in [0.15, 0.2) is 30.3 Å². The lowest BCUT2D eigenvalue weighted by molar-refractivity contribution is -0.141. The van der Waals surface area contributed by atoms with Crippen LogP contribution in [0.4, 0.5) is 4.79 Å². The molecule has 6 heteroatoms. The maximum atomic E-state index is 12.2. The number of carboxylic acids is 1. The maximum absolute atomic E-state index is 12.2. The number of carbonyl (C=O) groups is 2. The van der Waals surface area contributed by atoms with Crippen LogP contribution in [-0.4, -0.2) is 35.9 Å². The van der Waals surface area contributed by atoms with Gasteiger partial charge in [0.1, 0.15) is 6.61 Å². The Morgan fingerprint density at radius 1 is 1.30 bits per heavy atom. The molecular formula is C17H23NO5. The van der Waals surface area contributed by atoms with Gasteiger partial charge in [0, 0.05) is 7.11 Å². The van der Waals surface area contributed by atoms with Crippen molar-refractivity contribution in [3.8, 4) is 0 Å². The molecule has 0 bridgehead atoms. The Kier molecular flexibility index (Phi) is 5.98. The van der Waals surface area contributed by atoms with Crippen LogP contribution >= 0.6 is 0 Å². The molecule has 1 aromatic carbocycles. The van der Waals surface area contributed by atoms with E-state index in [9.17, 15) is 14.7 Å². The molecule has 23 heavy (non-hydrogen) atoms. The van der Waals surface area contributed by atoms with Crippen molar-refractivity contribution in [3.63, 3.8) is 0 Å². The number of rotatable bonds is 6. The molecule has 1 saturated carbocycles. The molecule has 0 radical (unpaired) electrons. The van der Waals surface area contributed by atoms with Crippen LogP contribution in [0.2, 0.25) is 0 Å². The third kappa shape index (κ3) is 4.69. The normalized spacial score (nSPS) is 24.0. The van der Waals surface area contributed by atoms with Crippen molar-refractivity contribution in [2.24, 2.45) is 0 Å². The lowest BCUT2D eigenvalue weighted by Crippen LogP contribution is -2.59. The summed E-state index contributed by atoms with van der Waals surface area (Å²) in [4.78, 5) is 23.4. The molecule has 1 aliphatic carbocycles. The van der Waals surface area contributed by atoms with Crippen molar-refractivity contribution in [1.82, 2.24) is 5.32 Å². The van der Waals surface area contributed by atoms with Crippen molar-refractivity contribution >= 4 is 12.1 Å². The van der Waals surface area contributed by atoms with Gasteiger partial charge >= 0.3 is 12.1 Å². The summed E-state index contributed by atoms with van der Waals surface area (Å²) in [5, 5.41) is 12.0. The lowest BCUT2D eigenvalue weighted by Gasteiger charge is -2.42. The number of alkyl carbamates (subject to hydrolysis) is 1. The van der Waals surface area contributed by atoms with E-state index < -0.39 is 17.6 Å². The largest absolute Gasteiger partial charge is 0.481 e. The van der Waals surface area contributed by atoms with Gasteiger partial charge in [-0.05, 0) is 18.4 Å². The molecule has 2 rings (SSSR count). The molecule has 2 unspecified atom stereocenters. The topological polar surface area (TPSA) is 84.9 Å². The molecule has 2 N–H and O–H groups in total. The average molecular weight is 321 g/mol. The van der Waals surface area contributed by atoms with Gasteiger partial charge in [0.05, 0.1) is 18.1 Å². The quantitative estimate of drug-likeness (QED) is 0.841. The predicted molar refractivity (Wildman–Crippen MR) is 84.0 cm³/mol. The predicted octanol–water partition coefficient (Wildman–Crippen LogP) is 2.72. The molecule has 0 heterocycles. The highest BCUT2D eigenvalue weighted by Crippen LogP contribution is 2.33. The highest BCUT2D eigenvalue weighted by molar-refractivity contribution is 5.73. The van der Waals surface area contributed by atoms with Gasteiger partial charge in [0.25, 0.3) is 0 Å². The van der Waals surface area contributed by atoms with Gasteiger partial charge in [-0.15, -0.1) is 0 Å². The zero-order valence-corrected chi connectivity index (χ0v) is 13.3. The number of carboxylic acid groups (broad SMARTS) is 1. The first-order valence-corrected chi connectivity index (χ1v) is 7.79. The molecule has 126 valence electrons. The zero-order valence-electron chi connectivity index (χ0n) is 13.3. The fraction of sp³-hybridized carbons (Fsp3) is 0.529. The summed E-state index contributed by atoms with van der Waals surface area (Å²) in [5.41, 5.74) is -0.0334. The fourth-order valence-corrected chi connectivity index (χ4v) is 3.17. The van der Waals surface area contributed by atoms with Crippen LogP contribution in [-0.2, 0) is 20.9 Å². The number of ether oxygens (including phenoxy) is 2. The first kappa shape index (κ1) is 17.3. The summed E-state index contributed by atoms with van der Waals surface area (Å²) in [6.45, 7) is 0.146. The first-order valence-electron chi connectivity index (χ1n) is 7.79. The number of hydrogen-bond donors (Lipinski definition) is 2. The first-order chi connectivity index (χ1) is 11.1. The minimum atomic E-state index is -0.961. The van der Waals surface area contributed by atoms with Crippen LogP contribution in [0.1, 0.15) is 37.7 Å². The summed E-state index contributed by atoms with van der Waals surface area (Å²) < 4.78 is 10.7. The standard InChI is InChI=1S/C17H23NO5/c1-22-14-9-5-6-10-17(14,11-15(19)20)18-16(21)23-12-13-7-3-2-4-8-13/h2-4,7-8,14H,5-6,9-12H2,1H3,(H,18,21)(H,19,20). The Balaban J connectivity index is 2.01. The van der Waals surface area contributed by atoms with E-state index in [2.05, 4.69) is 5.32 Å². The molecule has 6 nitrogen and oxygen atoms in total. The number of carbonyl (C=O) groups excluding carboxylic acids is 1. The van der Waals surface area contributed by atoms with Crippen LogP contribution in [0.25, 0.3) is 0 Å². The molecular weight excluding hydrogens is 298 g/mol. The van der Waals surface area contributed by atoms with E-state index in [1.54, 1.807) is 7.11 Å². The average Bonchev–Trinajstić information content (AvgIpc) is 2.53. The fourth-order valence-electron chi connectivity index (χ4n) is 3.17. The van der Waals surface area contributed by atoms with E-state index in [0.717, 1.165) is 24.8 Å². The van der Waals surface area contributed by atoms with E-state index in [-0.39, 0.29) is 19.1 Å². The molecule has 1 aliphatic rings. The highest BCUT2D eigenvalue weighted by Gasteiger charge is 2.44. The number of hydrogen-bond acceptors (Lipinski definition) is 4. The second kappa shape index (κ2) is 7.97. The van der Waals surface area contributed by atoms with Crippen molar-refractivity contribution in [3.05, 3.63) is 35.9 Å². The minimum Gasteiger partial charge on any atom is -0.481 e. The summed E-state index contributed by atoms with van der Waals surface area (Å²) in [7, 11) is 1.55. The SMILES string of the molecule is COC1CCCCC1(CC(=O)O)NC(=O)OCc1ccccc1. The maximum Gasteiger partial charge on any atom is 0.408 e. The van der Waals surface area contributed by atoms with E-state index in [0.29, 0.717) is 6.42 Å². The molecule has 0 spiro atoms. The second-order valence-electron chi connectivity index (χ2n) is 5.88. The molecule has 0 aromatic heterocycles. The third-order valence-electron chi connectivity index (χ3n) is 4.27. The van der Waals surface area contributed by atoms with Crippen molar-refractivity contribution in [2.75, 3.05) is 7.11 Å². The number of benzene rings is 1. The van der Waals surface area contributed by atoms with Crippen molar-refractivity contribution in [2.45, 2.75) is 50.4 Å². The second-order valence-corrected chi connectivity index (χ2v) is 5.88. The molecule has 2 atom stereocenters. The van der Waals surface area contributed by atoms with E-state index in [1.807, 2.05) is 30.3 Å². The van der Waals surface area contributed by atoms with Crippen LogP contribution in [0.3, 0.4) is 0 Å². The van der Waals surface area contributed by atoms with Crippen LogP contribution in [0, 0.1) is 0 Å². The van der Waals surface area contributed by atoms with E-state index in [1.165, 1.54) is 0 Å². The van der Waals surface area contributed by atoms with Gasteiger partial charge in [0.15, 0.2) is 0 Å².